The molecule has 0 saturated carbocycles. The van der Waals surface area contributed by atoms with Gasteiger partial charge in [0, 0.05) is 25.0 Å². The number of fused-ring (bicyclic) bond motifs is 1. The summed E-state index contributed by atoms with van der Waals surface area (Å²) in [7, 11) is -3.52. The average Bonchev–Trinajstić information content (AvgIpc) is 2.65. The van der Waals surface area contributed by atoms with E-state index in [4.69, 9.17) is 9.47 Å². The summed E-state index contributed by atoms with van der Waals surface area (Å²) in [6.45, 7) is 1.63. The lowest BCUT2D eigenvalue weighted by molar-refractivity contribution is 0.0428. The fourth-order valence-electron chi connectivity index (χ4n) is 2.82. The van der Waals surface area contributed by atoms with Gasteiger partial charge < -0.3 is 19.9 Å². The van der Waals surface area contributed by atoms with E-state index in [2.05, 4.69) is 10.0 Å². The van der Waals surface area contributed by atoms with Gasteiger partial charge in [-0.25, -0.2) is 13.1 Å². The highest BCUT2D eigenvalue weighted by molar-refractivity contribution is 7.89. The van der Waals surface area contributed by atoms with Crippen molar-refractivity contribution in [3.63, 3.8) is 0 Å². The number of sulfonamides is 1. The van der Waals surface area contributed by atoms with Gasteiger partial charge in [-0.15, -0.1) is 0 Å². The maximum absolute atomic E-state index is 12.1. The zero-order chi connectivity index (χ0) is 18.4. The predicted molar refractivity (Wildman–Crippen MR) is 99.8 cm³/mol. The summed E-state index contributed by atoms with van der Waals surface area (Å²) in [5.74, 6) is 0.531. The summed E-state index contributed by atoms with van der Waals surface area (Å²) in [4.78, 5) is 0. The van der Waals surface area contributed by atoms with Crippen LogP contribution in [0.4, 0.5) is 0 Å². The van der Waals surface area contributed by atoms with Crippen LogP contribution in [0.25, 0.3) is 10.8 Å². The highest BCUT2D eigenvalue weighted by Crippen LogP contribution is 2.25. The molecule has 0 spiro atoms. The molecule has 2 aromatic rings. The molecular formula is C18H24N2O5S. The van der Waals surface area contributed by atoms with Crippen LogP contribution in [0, 0.1) is 0 Å². The SMILES string of the molecule is O=S(=O)(CC1CNCCO1)NCC(O)COc1cccc2ccccc12. The van der Waals surface area contributed by atoms with E-state index in [1.54, 1.807) is 0 Å². The summed E-state index contributed by atoms with van der Waals surface area (Å²) >= 11 is 0. The Balaban J connectivity index is 1.48. The first-order valence-corrected chi connectivity index (χ1v) is 10.3. The van der Waals surface area contributed by atoms with Crippen molar-refractivity contribution in [1.29, 1.82) is 0 Å². The van der Waals surface area contributed by atoms with E-state index in [-0.39, 0.29) is 25.0 Å². The molecule has 26 heavy (non-hydrogen) atoms. The van der Waals surface area contributed by atoms with Crippen LogP contribution in [0.5, 0.6) is 5.75 Å². The Kier molecular flexibility index (Phi) is 6.44. The smallest absolute Gasteiger partial charge is 0.214 e. The molecule has 0 aliphatic carbocycles. The molecule has 0 aromatic heterocycles. The van der Waals surface area contributed by atoms with Crippen molar-refractivity contribution >= 4 is 20.8 Å². The Hall–Kier alpha value is -1.71. The van der Waals surface area contributed by atoms with E-state index >= 15 is 0 Å². The zero-order valence-corrected chi connectivity index (χ0v) is 15.2. The molecular weight excluding hydrogens is 356 g/mol. The number of hydrogen-bond donors (Lipinski definition) is 3. The minimum Gasteiger partial charge on any atom is -0.490 e. The normalized spacial score (nSPS) is 19.3. The number of benzene rings is 2. The first-order chi connectivity index (χ1) is 12.5. The van der Waals surface area contributed by atoms with Crippen LogP contribution in [0.3, 0.4) is 0 Å². The summed E-state index contributed by atoms with van der Waals surface area (Å²) < 4.78 is 37.7. The summed E-state index contributed by atoms with van der Waals surface area (Å²) in [6, 6.07) is 13.5. The molecule has 1 saturated heterocycles. The van der Waals surface area contributed by atoms with Crippen LogP contribution in [-0.2, 0) is 14.8 Å². The highest BCUT2D eigenvalue weighted by Gasteiger charge is 2.22. The molecule has 1 aliphatic heterocycles. The second kappa shape index (κ2) is 8.79. The van der Waals surface area contributed by atoms with Gasteiger partial charge in [-0.05, 0) is 11.5 Å². The molecule has 8 heteroatoms. The maximum Gasteiger partial charge on any atom is 0.214 e. The highest BCUT2D eigenvalue weighted by atomic mass is 32.2. The summed E-state index contributed by atoms with van der Waals surface area (Å²) in [5.41, 5.74) is 0. The first kappa shape index (κ1) is 19.1. The van der Waals surface area contributed by atoms with Gasteiger partial charge in [0.15, 0.2) is 0 Å². The third kappa shape index (κ3) is 5.39. The third-order valence-corrected chi connectivity index (χ3v) is 5.55. The largest absolute Gasteiger partial charge is 0.490 e. The van der Waals surface area contributed by atoms with Crippen LogP contribution in [0.1, 0.15) is 0 Å². The van der Waals surface area contributed by atoms with Crippen molar-refractivity contribution in [2.45, 2.75) is 12.2 Å². The molecule has 0 bridgehead atoms. The molecule has 3 rings (SSSR count). The van der Waals surface area contributed by atoms with E-state index < -0.39 is 16.1 Å². The van der Waals surface area contributed by atoms with Crippen LogP contribution >= 0.6 is 0 Å². The van der Waals surface area contributed by atoms with Crippen molar-refractivity contribution in [2.24, 2.45) is 0 Å². The van der Waals surface area contributed by atoms with E-state index in [0.29, 0.717) is 18.9 Å². The van der Waals surface area contributed by atoms with Crippen molar-refractivity contribution < 1.29 is 23.0 Å². The van der Waals surface area contributed by atoms with Gasteiger partial charge in [0.2, 0.25) is 10.0 Å². The van der Waals surface area contributed by atoms with Crippen molar-refractivity contribution in [2.75, 3.05) is 38.6 Å². The lowest BCUT2D eigenvalue weighted by Crippen LogP contribution is -2.45. The molecule has 7 nitrogen and oxygen atoms in total. The Morgan fingerprint density at radius 3 is 2.88 bits per heavy atom. The second-order valence-electron chi connectivity index (χ2n) is 6.27. The fraction of sp³-hybridized carbons (Fsp3) is 0.444. The van der Waals surface area contributed by atoms with Gasteiger partial charge >= 0.3 is 0 Å². The number of ether oxygens (including phenoxy) is 2. The van der Waals surface area contributed by atoms with Gasteiger partial charge in [0.05, 0.1) is 18.5 Å². The number of rotatable bonds is 8. The van der Waals surface area contributed by atoms with E-state index in [9.17, 15) is 13.5 Å². The number of aliphatic hydroxyl groups is 1. The topological polar surface area (TPSA) is 96.9 Å². The molecule has 2 unspecified atom stereocenters. The molecule has 0 radical (unpaired) electrons. The van der Waals surface area contributed by atoms with Crippen LogP contribution in [-0.4, -0.2) is 64.3 Å². The van der Waals surface area contributed by atoms with Crippen molar-refractivity contribution in [3.05, 3.63) is 42.5 Å². The molecule has 1 aliphatic rings. The van der Waals surface area contributed by atoms with Gasteiger partial charge in [-0.1, -0.05) is 36.4 Å². The monoisotopic (exact) mass is 380 g/mol. The van der Waals surface area contributed by atoms with Crippen LogP contribution in [0.15, 0.2) is 42.5 Å². The molecule has 0 amide bonds. The third-order valence-electron chi connectivity index (χ3n) is 4.13. The Morgan fingerprint density at radius 1 is 1.27 bits per heavy atom. The molecule has 1 heterocycles. The maximum atomic E-state index is 12.1. The molecule has 2 atom stereocenters. The molecule has 142 valence electrons. The standard InChI is InChI=1S/C18H24N2O5S/c21-15(10-20-26(22,23)13-16-11-19-8-9-24-16)12-25-18-7-3-5-14-4-1-2-6-17(14)18/h1-7,15-16,19-21H,8-13H2. The average molecular weight is 380 g/mol. The van der Waals surface area contributed by atoms with Crippen LogP contribution < -0.4 is 14.8 Å². The fourth-order valence-corrected chi connectivity index (χ4v) is 4.09. The summed E-state index contributed by atoms with van der Waals surface area (Å²) in [6.07, 6.45) is -1.32. The Morgan fingerprint density at radius 2 is 2.08 bits per heavy atom. The molecule has 3 N–H and O–H groups in total. The Bertz CT molecular complexity index is 816. The van der Waals surface area contributed by atoms with E-state index in [0.717, 1.165) is 17.3 Å². The van der Waals surface area contributed by atoms with Crippen molar-refractivity contribution in [1.82, 2.24) is 10.0 Å². The van der Waals surface area contributed by atoms with Gasteiger partial charge in [-0.3, -0.25) is 0 Å². The summed E-state index contributed by atoms with van der Waals surface area (Å²) in [5, 5.41) is 15.1. The van der Waals surface area contributed by atoms with Gasteiger partial charge in [-0.2, -0.15) is 0 Å². The van der Waals surface area contributed by atoms with Gasteiger partial charge in [0.1, 0.15) is 18.5 Å². The quantitative estimate of drug-likeness (QED) is 0.617. The van der Waals surface area contributed by atoms with E-state index in [1.807, 2.05) is 42.5 Å². The number of nitrogens with one attached hydrogen (secondary N) is 2. The lowest BCUT2D eigenvalue weighted by Gasteiger charge is -2.23. The number of morpholine rings is 1. The Labute approximate surface area is 153 Å². The molecule has 1 fully saturated rings. The van der Waals surface area contributed by atoms with Crippen LogP contribution in [0.2, 0.25) is 0 Å². The number of aliphatic hydroxyl groups excluding tert-OH is 1. The predicted octanol–water partition coefficient (Wildman–Crippen LogP) is 0.487. The zero-order valence-electron chi connectivity index (χ0n) is 14.4. The lowest BCUT2D eigenvalue weighted by atomic mass is 10.1. The van der Waals surface area contributed by atoms with E-state index in [1.165, 1.54) is 0 Å². The first-order valence-electron chi connectivity index (χ1n) is 8.62. The minimum absolute atomic E-state index is 0.00197. The molecule has 2 aromatic carbocycles. The number of hydrogen-bond acceptors (Lipinski definition) is 6. The van der Waals surface area contributed by atoms with Crippen molar-refractivity contribution in [3.8, 4) is 5.75 Å². The minimum atomic E-state index is -3.52. The van der Waals surface area contributed by atoms with Gasteiger partial charge in [0.25, 0.3) is 0 Å². The second-order valence-corrected chi connectivity index (χ2v) is 8.12.